The summed E-state index contributed by atoms with van der Waals surface area (Å²) < 4.78 is 13.8. The highest BCUT2D eigenvalue weighted by Gasteiger charge is 2.31. The van der Waals surface area contributed by atoms with Crippen LogP contribution >= 0.6 is 0 Å². The summed E-state index contributed by atoms with van der Waals surface area (Å²) in [5, 5.41) is 3.75. The molecular formula is C25H24FN3O2. The Bertz CT molecular complexity index is 1150. The molecule has 0 radical (unpaired) electrons. The quantitative estimate of drug-likeness (QED) is 0.644. The highest BCUT2D eigenvalue weighted by Crippen LogP contribution is 2.33. The van der Waals surface area contributed by atoms with Crippen LogP contribution in [0.25, 0.3) is 10.9 Å². The van der Waals surface area contributed by atoms with Gasteiger partial charge in [-0.05, 0) is 72.6 Å². The molecule has 31 heavy (non-hydrogen) atoms. The molecule has 3 aromatic rings. The number of hydrogen-bond acceptors (Lipinski definition) is 3. The molecule has 2 aromatic carbocycles. The third kappa shape index (κ3) is 3.78. The topological polar surface area (TPSA) is 62.3 Å². The Morgan fingerprint density at radius 2 is 1.81 bits per heavy atom. The van der Waals surface area contributed by atoms with E-state index in [0.29, 0.717) is 13.1 Å². The van der Waals surface area contributed by atoms with Crippen LogP contribution in [-0.2, 0) is 16.0 Å². The van der Waals surface area contributed by atoms with Crippen molar-refractivity contribution in [2.75, 3.05) is 13.1 Å². The maximum absolute atomic E-state index is 13.8. The molecule has 2 aliphatic rings. The van der Waals surface area contributed by atoms with Gasteiger partial charge in [-0.25, -0.2) is 4.39 Å². The van der Waals surface area contributed by atoms with Crippen LogP contribution in [-0.4, -0.2) is 34.8 Å². The summed E-state index contributed by atoms with van der Waals surface area (Å²) in [7, 11) is 0. The molecule has 158 valence electrons. The van der Waals surface area contributed by atoms with Crippen LogP contribution < -0.4 is 5.32 Å². The van der Waals surface area contributed by atoms with Crippen molar-refractivity contribution in [2.24, 2.45) is 0 Å². The second-order valence-electron chi connectivity index (χ2n) is 8.39. The number of rotatable bonds is 2. The fraction of sp³-hybridized carbons (Fsp3) is 0.320. The van der Waals surface area contributed by atoms with Crippen molar-refractivity contribution in [2.45, 2.75) is 37.6 Å². The molecule has 1 fully saturated rings. The van der Waals surface area contributed by atoms with E-state index in [-0.39, 0.29) is 17.8 Å². The Balaban J connectivity index is 1.23. The largest absolute Gasteiger partial charge is 0.341 e. The molecule has 0 spiro atoms. The lowest BCUT2D eigenvalue weighted by Crippen LogP contribution is -2.46. The SMILES string of the molecule is O=C(N[C@@H]1CCc2ccccc21)C(=O)N1CCC(c2ccnc3ccc(F)cc23)CC1. The van der Waals surface area contributed by atoms with Gasteiger partial charge >= 0.3 is 11.8 Å². The smallest absolute Gasteiger partial charge is 0.311 e. The minimum Gasteiger partial charge on any atom is -0.341 e. The zero-order valence-corrected chi connectivity index (χ0v) is 17.2. The first-order valence-electron chi connectivity index (χ1n) is 10.8. The molecule has 1 aliphatic carbocycles. The summed E-state index contributed by atoms with van der Waals surface area (Å²) in [6, 6.07) is 14.5. The lowest BCUT2D eigenvalue weighted by atomic mass is 9.87. The van der Waals surface area contributed by atoms with E-state index in [1.54, 1.807) is 17.2 Å². The van der Waals surface area contributed by atoms with Gasteiger partial charge in [-0.1, -0.05) is 24.3 Å². The molecule has 6 heteroatoms. The van der Waals surface area contributed by atoms with Crippen molar-refractivity contribution in [3.05, 3.63) is 77.2 Å². The number of likely N-dealkylation sites (tertiary alicyclic amines) is 1. The van der Waals surface area contributed by atoms with E-state index in [9.17, 15) is 14.0 Å². The van der Waals surface area contributed by atoms with Crippen LogP contribution in [0.4, 0.5) is 4.39 Å². The van der Waals surface area contributed by atoms with Gasteiger partial charge in [-0.2, -0.15) is 0 Å². The van der Waals surface area contributed by atoms with Gasteiger partial charge in [-0.3, -0.25) is 14.6 Å². The Hall–Kier alpha value is -3.28. The number of hydrogen-bond donors (Lipinski definition) is 1. The van der Waals surface area contributed by atoms with Gasteiger partial charge in [0.15, 0.2) is 0 Å². The maximum atomic E-state index is 13.8. The molecule has 1 aromatic heterocycles. The van der Waals surface area contributed by atoms with Crippen molar-refractivity contribution >= 4 is 22.7 Å². The molecule has 0 bridgehead atoms. The molecule has 2 amide bonds. The Labute approximate surface area is 180 Å². The maximum Gasteiger partial charge on any atom is 0.311 e. The number of fused-ring (bicyclic) bond motifs is 2. The number of aryl methyl sites for hydroxylation is 1. The molecule has 1 aliphatic heterocycles. The van der Waals surface area contributed by atoms with Crippen LogP contribution in [0.5, 0.6) is 0 Å². The first-order valence-corrected chi connectivity index (χ1v) is 10.8. The average molecular weight is 417 g/mol. The first kappa shape index (κ1) is 19.7. The van der Waals surface area contributed by atoms with Gasteiger partial charge in [0.05, 0.1) is 11.6 Å². The van der Waals surface area contributed by atoms with Crippen LogP contribution in [0.3, 0.4) is 0 Å². The first-order chi connectivity index (χ1) is 15.1. The second-order valence-corrected chi connectivity index (χ2v) is 8.39. The highest BCUT2D eigenvalue weighted by atomic mass is 19.1. The van der Waals surface area contributed by atoms with Crippen molar-refractivity contribution in [3.63, 3.8) is 0 Å². The van der Waals surface area contributed by atoms with E-state index in [1.807, 2.05) is 24.3 Å². The van der Waals surface area contributed by atoms with Crippen molar-refractivity contribution in [1.29, 1.82) is 0 Å². The van der Waals surface area contributed by atoms with Crippen LogP contribution in [0, 0.1) is 5.82 Å². The summed E-state index contributed by atoms with van der Waals surface area (Å²) in [4.78, 5) is 31.3. The number of carbonyl (C=O) groups excluding carboxylic acids is 2. The van der Waals surface area contributed by atoms with E-state index < -0.39 is 11.8 Å². The van der Waals surface area contributed by atoms with Crippen molar-refractivity contribution in [1.82, 2.24) is 15.2 Å². The Morgan fingerprint density at radius 3 is 2.65 bits per heavy atom. The molecule has 1 saturated heterocycles. The molecule has 1 N–H and O–H groups in total. The van der Waals surface area contributed by atoms with Crippen molar-refractivity contribution < 1.29 is 14.0 Å². The number of pyridine rings is 1. The number of piperidine rings is 1. The number of nitrogens with one attached hydrogen (secondary N) is 1. The minimum absolute atomic E-state index is 0.0942. The molecular weight excluding hydrogens is 393 g/mol. The molecule has 1 atom stereocenters. The predicted molar refractivity (Wildman–Crippen MR) is 116 cm³/mol. The summed E-state index contributed by atoms with van der Waals surface area (Å²) in [6.07, 6.45) is 4.97. The number of nitrogens with zero attached hydrogens (tertiary/aromatic N) is 2. The lowest BCUT2D eigenvalue weighted by molar-refractivity contribution is -0.147. The van der Waals surface area contributed by atoms with E-state index in [2.05, 4.69) is 16.4 Å². The normalized spacial score (nSPS) is 18.7. The minimum atomic E-state index is -0.531. The summed E-state index contributed by atoms with van der Waals surface area (Å²) in [6.45, 7) is 1.02. The predicted octanol–water partition coefficient (Wildman–Crippen LogP) is 3.88. The van der Waals surface area contributed by atoms with Gasteiger partial charge in [0.1, 0.15) is 5.82 Å². The van der Waals surface area contributed by atoms with Crippen molar-refractivity contribution in [3.8, 4) is 0 Å². The fourth-order valence-corrected chi connectivity index (χ4v) is 4.96. The summed E-state index contributed by atoms with van der Waals surface area (Å²) in [5.41, 5.74) is 4.18. The molecule has 0 saturated carbocycles. The van der Waals surface area contributed by atoms with Gasteiger partial charge in [-0.15, -0.1) is 0 Å². The van der Waals surface area contributed by atoms with E-state index in [4.69, 9.17) is 0 Å². The number of aromatic nitrogens is 1. The highest BCUT2D eigenvalue weighted by molar-refractivity contribution is 6.35. The Morgan fingerprint density at radius 1 is 1.00 bits per heavy atom. The second kappa shape index (κ2) is 8.10. The standard InChI is InChI=1S/C25H24FN3O2/c26-18-6-8-22-21(15-18)19(9-12-27-22)17-10-13-29(14-11-17)25(31)24(30)28-23-7-5-16-3-1-2-4-20(16)23/h1-4,6,8-9,12,15,17,23H,5,7,10-11,13-14H2,(H,28,30)/t23-/m1/s1. The number of carbonyl (C=O) groups is 2. The van der Waals surface area contributed by atoms with Gasteiger partial charge in [0.2, 0.25) is 0 Å². The third-order valence-electron chi connectivity index (χ3n) is 6.59. The fourth-order valence-electron chi connectivity index (χ4n) is 4.96. The van der Waals surface area contributed by atoms with Crippen LogP contribution in [0.1, 0.15) is 47.9 Å². The summed E-state index contributed by atoms with van der Waals surface area (Å²) >= 11 is 0. The monoisotopic (exact) mass is 417 g/mol. The zero-order valence-electron chi connectivity index (χ0n) is 17.2. The molecule has 2 heterocycles. The molecule has 0 unspecified atom stereocenters. The molecule has 5 rings (SSSR count). The number of halogens is 1. The van der Waals surface area contributed by atoms with Crippen LogP contribution in [0.15, 0.2) is 54.7 Å². The van der Waals surface area contributed by atoms with Gasteiger partial charge in [0.25, 0.3) is 0 Å². The zero-order chi connectivity index (χ0) is 21.4. The number of benzene rings is 2. The average Bonchev–Trinajstić information content (AvgIpc) is 3.21. The van der Waals surface area contributed by atoms with Gasteiger partial charge in [0, 0.05) is 24.7 Å². The lowest BCUT2D eigenvalue weighted by Gasteiger charge is -2.32. The number of amides is 2. The van der Waals surface area contributed by atoms with E-state index in [1.165, 1.54) is 17.7 Å². The van der Waals surface area contributed by atoms with E-state index in [0.717, 1.165) is 47.7 Å². The van der Waals surface area contributed by atoms with Gasteiger partial charge < -0.3 is 10.2 Å². The van der Waals surface area contributed by atoms with Crippen LogP contribution in [0.2, 0.25) is 0 Å². The third-order valence-corrected chi connectivity index (χ3v) is 6.59. The molecule has 5 nitrogen and oxygen atoms in total. The Kier molecular flexibility index (Phi) is 5.14. The summed E-state index contributed by atoms with van der Waals surface area (Å²) in [5.74, 6) is -1.06. The van der Waals surface area contributed by atoms with E-state index >= 15 is 0 Å².